The Bertz CT molecular complexity index is 3110. The normalized spacial score (nSPS) is 11.6. The first kappa shape index (κ1) is 32.3. The molecular weight excluding hydrogens is 699 g/mol. The third-order valence-corrected chi connectivity index (χ3v) is 12.0. The van der Waals surface area contributed by atoms with E-state index in [1.54, 1.807) is 0 Å². The van der Waals surface area contributed by atoms with Gasteiger partial charge in [-0.25, -0.2) is 0 Å². The van der Waals surface area contributed by atoms with Crippen LogP contribution in [0.15, 0.2) is 212 Å². The molecule has 0 saturated carbocycles. The number of benzene rings is 9. The Balaban J connectivity index is 1.32. The van der Waals surface area contributed by atoms with Crippen molar-refractivity contribution < 1.29 is 0 Å². The molecule has 0 aliphatic carbocycles. The van der Waals surface area contributed by atoms with E-state index >= 15 is 0 Å². The standard InChI is InChI=1S/C52H35N3S/c1-5-18-37(19-6-1)53(38-20-7-2-8-21-38)42-33-47(54(39-22-9-3-10-23-39)40-24-11-4-12-25-40)51-46-31-29-36-17-13-14-26-43(36)52(46)55(48(51)34-42)41-30-32-45-44-27-15-16-28-49(44)56-50(45)35-41/h1-35H. The van der Waals surface area contributed by atoms with Crippen LogP contribution >= 0.6 is 11.3 Å². The van der Waals surface area contributed by atoms with Crippen LogP contribution in [-0.4, -0.2) is 4.57 Å². The van der Waals surface area contributed by atoms with Crippen LogP contribution in [0, 0.1) is 0 Å². The number of fused-ring (bicyclic) bond motifs is 8. The molecule has 0 radical (unpaired) electrons. The number of thiophene rings is 1. The Labute approximate surface area is 329 Å². The SMILES string of the molecule is c1ccc(N(c2ccccc2)c2cc(N(c3ccccc3)c3ccccc3)c3c4ccc5ccccc5c4n(-c4ccc5c(c4)sc4ccccc45)c3c2)cc1. The highest BCUT2D eigenvalue weighted by molar-refractivity contribution is 7.25. The van der Waals surface area contributed by atoms with Crippen LogP contribution in [-0.2, 0) is 0 Å². The van der Waals surface area contributed by atoms with Gasteiger partial charge in [0.25, 0.3) is 0 Å². The summed E-state index contributed by atoms with van der Waals surface area (Å²) in [6.45, 7) is 0. The maximum absolute atomic E-state index is 2.52. The van der Waals surface area contributed by atoms with Crippen LogP contribution in [0.5, 0.6) is 0 Å². The summed E-state index contributed by atoms with van der Waals surface area (Å²) in [5.41, 5.74) is 10.0. The lowest BCUT2D eigenvalue weighted by Gasteiger charge is -2.30. The molecule has 0 atom stereocenters. The van der Waals surface area contributed by atoms with Crippen LogP contribution in [0.4, 0.5) is 34.1 Å². The van der Waals surface area contributed by atoms with Gasteiger partial charge in [-0.1, -0.05) is 133 Å². The topological polar surface area (TPSA) is 11.4 Å². The maximum atomic E-state index is 2.52. The highest BCUT2D eigenvalue weighted by Crippen LogP contribution is 2.49. The molecule has 0 unspecified atom stereocenters. The third-order valence-electron chi connectivity index (χ3n) is 10.9. The second-order valence-electron chi connectivity index (χ2n) is 14.2. The van der Waals surface area contributed by atoms with Crippen molar-refractivity contribution in [2.45, 2.75) is 0 Å². The van der Waals surface area contributed by atoms with Gasteiger partial charge in [0.2, 0.25) is 0 Å². The zero-order valence-corrected chi connectivity index (χ0v) is 31.3. The van der Waals surface area contributed by atoms with E-state index in [1.807, 2.05) is 11.3 Å². The Hall–Kier alpha value is -7.14. The fraction of sp³-hybridized carbons (Fsp3) is 0. The molecule has 0 amide bonds. The highest BCUT2D eigenvalue weighted by Gasteiger charge is 2.26. The number of hydrogen-bond donors (Lipinski definition) is 0. The van der Waals surface area contributed by atoms with Gasteiger partial charge in [0, 0.05) is 64.8 Å². The summed E-state index contributed by atoms with van der Waals surface area (Å²) in [7, 11) is 0. The quantitative estimate of drug-likeness (QED) is 0.162. The van der Waals surface area contributed by atoms with E-state index in [9.17, 15) is 0 Å². The van der Waals surface area contributed by atoms with Gasteiger partial charge in [0.15, 0.2) is 0 Å². The average molecular weight is 734 g/mol. The molecule has 0 bridgehead atoms. The van der Waals surface area contributed by atoms with Crippen molar-refractivity contribution in [3.8, 4) is 5.69 Å². The molecule has 0 fully saturated rings. The Morgan fingerprint density at radius 3 is 1.52 bits per heavy atom. The van der Waals surface area contributed by atoms with E-state index in [-0.39, 0.29) is 0 Å². The number of anilines is 6. The van der Waals surface area contributed by atoms with Crippen molar-refractivity contribution in [1.29, 1.82) is 0 Å². The minimum absolute atomic E-state index is 1.07. The molecule has 0 aliphatic rings. The molecule has 2 heterocycles. The van der Waals surface area contributed by atoms with Crippen molar-refractivity contribution in [2.24, 2.45) is 0 Å². The lowest BCUT2D eigenvalue weighted by molar-refractivity contribution is 1.19. The van der Waals surface area contributed by atoms with Gasteiger partial charge in [0.05, 0.1) is 22.4 Å². The van der Waals surface area contributed by atoms with E-state index in [0.29, 0.717) is 0 Å². The van der Waals surface area contributed by atoms with Gasteiger partial charge >= 0.3 is 0 Å². The Morgan fingerprint density at radius 2 is 0.875 bits per heavy atom. The minimum Gasteiger partial charge on any atom is -0.310 e. The van der Waals surface area contributed by atoms with Gasteiger partial charge < -0.3 is 14.4 Å². The molecule has 56 heavy (non-hydrogen) atoms. The predicted octanol–water partition coefficient (Wildman–Crippen LogP) is 15.2. The third kappa shape index (κ3) is 5.26. The second-order valence-corrected chi connectivity index (χ2v) is 15.3. The fourth-order valence-electron chi connectivity index (χ4n) is 8.48. The summed E-state index contributed by atoms with van der Waals surface area (Å²) in [5.74, 6) is 0. The van der Waals surface area contributed by atoms with Gasteiger partial charge in [-0.2, -0.15) is 0 Å². The van der Waals surface area contributed by atoms with Crippen molar-refractivity contribution in [3.63, 3.8) is 0 Å². The van der Waals surface area contributed by atoms with E-state index in [0.717, 1.165) is 45.3 Å². The summed E-state index contributed by atoms with van der Waals surface area (Å²) < 4.78 is 5.10. The average Bonchev–Trinajstić information content (AvgIpc) is 3.81. The van der Waals surface area contributed by atoms with Crippen molar-refractivity contribution in [1.82, 2.24) is 4.57 Å². The van der Waals surface area contributed by atoms with Crippen LogP contribution in [0.2, 0.25) is 0 Å². The predicted molar refractivity (Wildman–Crippen MR) is 241 cm³/mol. The van der Waals surface area contributed by atoms with E-state index < -0.39 is 0 Å². The molecule has 264 valence electrons. The lowest BCUT2D eigenvalue weighted by Crippen LogP contribution is -2.14. The second kappa shape index (κ2) is 13.3. The first-order valence-electron chi connectivity index (χ1n) is 19.0. The maximum Gasteiger partial charge on any atom is 0.0620 e. The first-order valence-corrected chi connectivity index (χ1v) is 19.8. The summed E-state index contributed by atoms with van der Waals surface area (Å²) in [6, 6.07) is 76.9. The molecule has 0 N–H and O–H groups in total. The van der Waals surface area contributed by atoms with Gasteiger partial charge in [0.1, 0.15) is 0 Å². The molecule has 11 rings (SSSR count). The Kier molecular flexibility index (Phi) is 7.68. The lowest BCUT2D eigenvalue weighted by atomic mass is 10.0. The molecule has 4 heteroatoms. The number of rotatable bonds is 7. The number of para-hydroxylation sites is 4. The monoisotopic (exact) mass is 733 g/mol. The number of aromatic nitrogens is 1. The van der Waals surface area contributed by atoms with Crippen molar-refractivity contribution >= 4 is 98.2 Å². The smallest absolute Gasteiger partial charge is 0.0620 e. The summed E-state index contributed by atoms with van der Waals surface area (Å²) in [6.07, 6.45) is 0. The first-order chi connectivity index (χ1) is 27.8. The number of hydrogen-bond acceptors (Lipinski definition) is 3. The van der Waals surface area contributed by atoms with Crippen LogP contribution in [0.1, 0.15) is 0 Å². The van der Waals surface area contributed by atoms with Crippen molar-refractivity contribution in [3.05, 3.63) is 212 Å². The van der Waals surface area contributed by atoms with Crippen molar-refractivity contribution in [2.75, 3.05) is 9.80 Å². The summed E-state index contributed by atoms with van der Waals surface area (Å²) >= 11 is 1.86. The zero-order valence-electron chi connectivity index (χ0n) is 30.5. The van der Waals surface area contributed by atoms with E-state index in [4.69, 9.17) is 0 Å². The van der Waals surface area contributed by atoms with Crippen LogP contribution < -0.4 is 9.80 Å². The summed E-state index contributed by atoms with van der Waals surface area (Å²) in [4.78, 5) is 4.81. The van der Waals surface area contributed by atoms with Gasteiger partial charge in [-0.15, -0.1) is 11.3 Å². The summed E-state index contributed by atoms with van der Waals surface area (Å²) in [5, 5.41) is 7.43. The fourth-order valence-corrected chi connectivity index (χ4v) is 9.62. The van der Waals surface area contributed by atoms with E-state index in [2.05, 4.69) is 227 Å². The molecule has 0 aliphatic heterocycles. The molecule has 0 spiro atoms. The van der Waals surface area contributed by atoms with Crippen LogP contribution in [0.3, 0.4) is 0 Å². The minimum atomic E-state index is 1.07. The van der Waals surface area contributed by atoms with E-state index in [1.165, 1.54) is 47.2 Å². The molecule has 3 nitrogen and oxygen atoms in total. The molecular formula is C52H35N3S. The number of nitrogens with zero attached hydrogens (tertiary/aromatic N) is 3. The largest absolute Gasteiger partial charge is 0.310 e. The molecule has 0 saturated heterocycles. The zero-order chi connectivity index (χ0) is 37.0. The van der Waals surface area contributed by atoms with Crippen LogP contribution in [0.25, 0.3) is 58.4 Å². The molecule has 11 aromatic rings. The highest BCUT2D eigenvalue weighted by atomic mass is 32.1. The van der Waals surface area contributed by atoms with Gasteiger partial charge in [-0.05, 0) is 84.2 Å². The van der Waals surface area contributed by atoms with Gasteiger partial charge in [-0.3, -0.25) is 0 Å². The molecule has 2 aromatic heterocycles. The molecule has 9 aromatic carbocycles. The Morgan fingerprint density at radius 1 is 0.357 bits per heavy atom.